The molecule has 4 heteroatoms. The molecule has 0 spiro atoms. The maximum Gasteiger partial charge on any atom is 0.166 e. The summed E-state index contributed by atoms with van der Waals surface area (Å²) in [5.74, 6) is -2.82. The molecule has 0 aliphatic carbocycles. The van der Waals surface area contributed by atoms with Crippen LogP contribution in [0.5, 0.6) is 0 Å². The molecule has 16 heavy (non-hydrogen) atoms. The van der Waals surface area contributed by atoms with Crippen molar-refractivity contribution in [1.82, 2.24) is 0 Å². The molecular formula is C12H6ClF3. The van der Waals surface area contributed by atoms with Crippen LogP contribution in [0.1, 0.15) is 0 Å². The molecule has 0 atom stereocenters. The molecule has 0 aromatic heterocycles. The van der Waals surface area contributed by atoms with E-state index in [1.807, 2.05) is 0 Å². The van der Waals surface area contributed by atoms with Crippen molar-refractivity contribution in [3.8, 4) is 11.1 Å². The molecule has 0 aliphatic heterocycles. The van der Waals surface area contributed by atoms with Crippen LogP contribution in [-0.4, -0.2) is 0 Å². The predicted octanol–water partition coefficient (Wildman–Crippen LogP) is 4.42. The SMILES string of the molecule is Fc1cccc(-c2c(F)cccc2Cl)c1F. The fraction of sp³-hybridized carbons (Fsp3) is 0. The molecule has 2 aromatic rings. The summed E-state index contributed by atoms with van der Waals surface area (Å²) in [5, 5.41) is 0.0458. The molecule has 2 rings (SSSR count). The van der Waals surface area contributed by atoms with Gasteiger partial charge < -0.3 is 0 Å². The van der Waals surface area contributed by atoms with Crippen molar-refractivity contribution in [3.63, 3.8) is 0 Å². The van der Waals surface area contributed by atoms with Crippen molar-refractivity contribution in [3.05, 3.63) is 58.9 Å². The zero-order chi connectivity index (χ0) is 11.7. The summed E-state index contributed by atoms with van der Waals surface area (Å²) in [6.07, 6.45) is 0. The van der Waals surface area contributed by atoms with Crippen LogP contribution in [0.15, 0.2) is 36.4 Å². The van der Waals surface area contributed by atoms with E-state index in [4.69, 9.17) is 11.6 Å². The van der Waals surface area contributed by atoms with Gasteiger partial charge in [-0.05, 0) is 18.2 Å². The molecule has 0 bridgehead atoms. The van der Waals surface area contributed by atoms with Crippen LogP contribution in [0.4, 0.5) is 13.2 Å². The lowest BCUT2D eigenvalue weighted by atomic mass is 10.0. The Balaban J connectivity index is 2.73. The molecule has 0 radical (unpaired) electrons. The summed E-state index contributed by atoms with van der Waals surface area (Å²) in [6.45, 7) is 0. The molecule has 2 aromatic carbocycles. The average molecular weight is 243 g/mol. The maximum absolute atomic E-state index is 13.5. The maximum atomic E-state index is 13.5. The monoisotopic (exact) mass is 242 g/mol. The van der Waals surface area contributed by atoms with Gasteiger partial charge in [0.15, 0.2) is 11.6 Å². The van der Waals surface area contributed by atoms with E-state index in [0.29, 0.717) is 0 Å². The second-order valence-electron chi connectivity index (χ2n) is 3.20. The first kappa shape index (κ1) is 11.0. The molecule has 0 nitrogen and oxygen atoms in total. The first-order valence-corrected chi connectivity index (χ1v) is 4.87. The molecule has 0 aliphatic rings. The molecule has 0 unspecified atom stereocenters. The quantitative estimate of drug-likeness (QED) is 0.694. The third-order valence-electron chi connectivity index (χ3n) is 2.18. The van der Waals surface area contributed by atoms with E-state index in [2.05, 4.69) is 0 Å². The lowest BCUT2D eigenvalue weighted by Gasteiger charge is -2.07. The molecule has 0 amide bonds. The summed E-state index contributed by atoms with van der Waals surface area (Å²) in [5.41, 5.74) is -0.302. The Bertz CT molecular complexity index is 518. The second-order valence-corrected chi connectivity index (χ2v) is 3.61. The van der Waals surface area contributed by atoms with Gasteiger partial charge >= 0.3 is 0 Å². The van der Waals surface area contributed by atoms with Gasteiger partial charge in [0, 0.05) is 11.1 Å². The summed E-state index contributed by atoms with van der Waals surface area (Å²) in [7, 11) is 0. The minimum atomic E-state index is -1.10. The van der Waals surface area contributed by atoms with Gasteiger partial charge in [-0.2, -0.15) is 0 Å². The first-order chi connectivity index (χ1) is 7.61. The number of hydrogen-bond donors (Lipinski definition) is 0. The highest BCUT2D eigenvalue weighted by molar-refractivity contribution is 6.33. The number of hydrogen-bond acceptors (Lipinski definition) is 0. The van der Waals surface area contributed by atoms with Gasteiger partial charge in [-0.1, -0.05) is 29.8 Å². The zero-order valence-corrected chi connectivity index (χ0v) is 8.73. The highest BCUT2D eigenvalue weighted by atomic mass is 35.5. The summed E-state index contributed by atoms with van der Waals surface area (Å²) in [6, 6.07) is 7.51. The minimum Gasteiger partial charge on any atom is -0.206 e. The molecule has 0 heterocycles. The Kier molecular flexibility index (Phi) is 2.88. The van der Waals surface area contributed by atoms with Crippen LogP contribution in [0, 0.1) is 17.5 Å². The van der Waals surface area contributed by atoms with Gasteiger partial charge in [-0.15, -0.1) is 0 Å². The predicted molar refractivity (Wildman–Crippen MR) is 56.8 cm³/mol. The van der Waals surface area contributed by atoms with Crippen molar-refractivity contribution in [2.24, 2.45) is 0 Å². The van der Waals surface area contributed by atoms with Crippen molar-refractivity contribution < 1.29 is 13.2 Å². The Morgan fingerprint density at radius 2 is 1.44 bits per heavy atom. The van der Waals surface area contributed by atoms with E-state index in [9.17, 15) is 13.2 Å². The summed E-state index contributed by atoms with van der Waals surface area (Å²) >= 11 is 5.76. The molecule has 82 valence electrons. The largest absolute Gasteiger partial charge is 0.206 e. The normalized spacial score (nSPS) is 10.5. The lowest BCUT2D eigenvalue weighted by molar-refractivity contribution is 0.510. The molecule has 0 saturated heterocycles. The summed E-state index contributed by atoms with van der Waals surface area (Å²) < 4.78 is 39.9. The van der Waals surface area contributed by atoms with Crippen LogP contribution < -0.4 is 0 Å². The van der Waals surface area contributed by atoms with Crippen molar-refractivity contribution >= 4 is 11.6 Å². The van der Waals surface area contributed by atoms with E-state index >= 15 is 0 Å². The van der Waals surface area contributed by atoms with Gasteiger partial charge in [0.05, 0.1) is 5.02 Å². The first-order valence-electron chi connectivity index (χ1n) is 4.49. The van der Waals surface area contributed by atoms with E-state index in [1.54, 1.807) is 0 Å². The smallest absolute Gasteiger partial charge is 0.166 e. The van der Waals surface area contributed by atoms with Gasteiger partial charge in [-0.3, -0.25) is 0 Å². The van der Waals surface area contributed by atoms with Crippen LogP contribution in [-0.2, 0) is 0 Å². The molecule has 0 fully saturated rings. The second kappa shape index (κ2) is 4.18. The van der Waals surface area contributed by atoms with Crippen molar-refractivity contribution in [2.45, 2.75) is 0 Å². The van der Waals surface area contributed by atoms with Gasteiger partial charge in [0.25, 0.3) is 0 Å². The number of rotatable bonds is 1. The van der Waals surface area contributed by atoms with Gasteiger partial charge in [0.2, 0.25) is 0 Å². The third kappa shape index (κ3) is 1.78. The van der Waals surface area contributed by atoms with E-state index < -0.39 is 17.5 Å². The summed E-state index contributed by atoms with van der Waals surface area (Å²) in [4.78, 5) is 0. The highest BCUT2D eigenvalue weighted by Crippen LogP contribution is 2.32. The van der Waals surface area contributed by atoms with Crippen LogP contribution >= 0.6 is 11.6 Å². The fourth-order valence-electron chi connectivity index (χ4n) is 1.45. The molecule has 0 N–H and O–H groups in total. The van der Waals surface area contributed by atoms with E-state index in [-0.39, 0.29) is 16.1 Å². The lowest BCUT2D eigenvalue weighted by Crippen LogP contribution is -1.92. The topological polar surface area (TPSA) is 0 Å². The van der Waals surface area contributed by atoms with Crippen LogP contribution in [0.2, 0.25) is 5.02 Å². The minimum absolute atomic E-state index is 0.0458. The Labute approximate surface area is 95.3 Å². The number of halogens is 4. The average Bonchev–Trinajstić information content (AvgIpc) is 2.24. The standard InChI is InChI=1S/C12H6ClF3/c13-8-4-2-5-9(14)11(8)7-3-1-6-10(15)12(7)16/h1-6H. The van der Waals surface area contributed by atoms with E-state index in [1.165, 1.54) is 24.3 Å². The van der Waals surface area contributed by atoms with Crippen LogP contribution in [0.25, 0.3) is 11.1 Å². The van der Waals surface area contributed by atoms with Crippen LogP contribution in [0.3, 0.4) is 0 Å². The molecular weight excluding hydrogens is 237 g/mol. The zero-order valence-electron chi connectivity index (χ0n) is 7.98. The third-order valence-corrected chi connectivity index (χ3v) is 2.50. The van der Waals surface area contributed by atoms with Crippen molar-refractivity contribution in [1.29, 1.82) is 0 Å². The van der Waals surface area contributed by atoms with Gasteiger partial charge in [-0.25, -0.2) is 13.2 Å². The Hall–Kier alpha value is -1.48. The Morgan fingerprint density at radius 1 is 0.812 bits per heavy atom. The number of benzene rings is 2. The Morgan fingerprint density at radius 3 is 2.12 bits per heavy atom. The fourth-order valence-corrected chi connectivity index (χ4v) is 1.72. The van der Waals surface area contributed by atoms with E-state index in [0.717, 1.165) is 12.1 Å². The molecule has 0 saturated carbocycles. The van der Waals surface area contributed by atoms with Crippen molar-refractivity contribution in [2.75, 3.05) is 0 Å². The van der Waals surface area contributed by atoms with Gasteiger partial charge in [0.1, 0.15) is 5.82 Å². The highest BCUT2D eigenvalue weighted by Gasteiger charge is 2.15.